The van der Waals surface area contributed by atoms with Gasteiger partial charge in [-0.1, -0.05) is 0 Å². The van der Waals surface area contributed by atoms with Gasteiger partial charge in [-0.25, -0.2) is 9.07 Å². The highest BCUT2D eigenvalue weighted by molar-refractivity contribution is 5.91. The Balaban J connectivity index is 1.95. The number of nitrogens with one attached hydrogen (secondary N) is 1. The van der Waals surface area contributed by atoms with Crippen molar-refractivity contribution in [3.05, 3.63) is 52.2 Å². The first-order valence-electron chi connectivity index (χ1n) is 6.34. The normalized spacial score (nSPS) is 10.4. The standard InChI is InChI=1S/C14H15FN4O2/c1-9-6-14(21)19(17-8-9)5-4-13(20)18-10-2-3-11(15)12(16)7-10/h2-3,6-8H,4-5,16H2,1H3,(H,18,20). The van der Waals surface area contributed by atoms with Gasteiger partial charge in [-0.15, -0.1) is 0 Å². The monoisotopic (exact) mass is 290 g/mol. The number of hydrogen-bond donors (Lipinski definition) is 2. The fourth-order valence-electron chi connectivity index (χ4n) is 1.74. The first-order chi connectivity index (χ1) is 9.95. The Kier molecular flexibility index (Phi) is 4.32. The highest BCUT2D eigenvalue weighted by Gasteiger charge is 2.06. The molecule has 0 radical (unpaired) electrons. The largest absolute Gasteiger partial charge is 0.396 e. The zero-order chi connectivity index (χ0) is 15.4. The van der Waals surface area contributed by atoms with Crippen molar-refractivity contribution in [1.82, 2.24) is 9.78 Å². The second-order valence-electron chi connectivity index (χ2n) is 4.63. The first-order valence-corrected chi connectivity index (χ1v) is 6.34. The maximum absolute atomic E-state index is 13.0. The summed E-state index contributed by atoms with van der Waals surface area (Å²) >= 11 is 0. The van der Waals surface area contributed by atoms with Crippen LogP contribution in [0.25, 0.3) is 0 Å². The maximum Gasteiger partial charge on any atom is 0.266 e. The predicted molar refractivity (Wildman–Crippen MR) is 77.3 cm³/mol. The smallest absolute Gasteiger partial charge is 0.266 e. The number of hydrogen-bond acceptors (Lipinski definition) is 4. The van der Waals surface area contributed by atoms with Crippen LogP contribution in [0.4, 0.5) is 15.8 Å². The van der Waals surface area contributed by atoms with Crippen LogP contribution >= 0.6 is 0 Å². The van der Waals surface area contributed by atoms with E-state index in [4.69, 9.17) is 5.73 Å². The molecule has 0 saturated heterocycles. The number of amides is 1. The Morgan fingerprint density at radius 1 is 1.43 bits per heavy atom. The number of anilines is 2. The average molecular weight is 290 g/mol. The van der Waals surface area contributed by atoms with Crippen molar-refractivity contribution in [2.75, 3.05) is 11.1 Å². The number of aromatic nitrogens is 2. The van der Waals surface area contributed by atoms with Crippen LogP contribution in [0.15, 0.2) is 35.3 Å². The number of nitrogens with two attached hydrogens (primary N) is 1. The lowest BCUT2D eigenvalue weighted by atomic mass is 10.2. The van der Waals surface area contributed by atoms with Gasteiger partial charge in [0, 0.05) is 18.2 Å². The highest BCUT2D eigenvalue weighted by atomic mass is 19.1. The van der Waals surface area contributed by atoms with Gasteiger partial charge in [0.2, 0.25) is 5.91 Å². The molecule has 0 aliphatic rings. The molecule has 0 bridgehead atoms. The Morgan fingerprint density at radius 2 is 2.19 bits per heavy atom. The zero-order valence-electron chi connectivity index (χ0n) is 11.5. The summed E-state index contributed by atoms with van der Waals surface area (Å²) in [4.78, 5) is 23.4. The van der Waals surface area contributed by atoms with Crippen LogP contribution in [-0.4, -0.2) is 15.7 Å². The minimum absolute atomic E-state index is 0.0378. The number of carbonyl (C=O) groups excluding carboxylic acids is 1. The molecule has 21 heavy (non-hydrogen) atoms. The number of nitrogens with zero attached hydrogens (tertiary/aromatic N) is 2. The van der Waals surface area contributed by atoms with Crippen molar-refractivity contribution in [2.24, 2.45) is 0 Å². The number of nitrogen functional groups attached to an aromatic ring is 1. The summed E-state index contributed by atoms with van der Waals surface area (Å²) in [6, 6.07) is 5.38. The average Bonchev–Trinajstić information content (AvgIpc) is 2.42. The number of benzene rings is 1. The van der Waals surface area contributed by atoms with Crippen LogP contribution in [0.1, 0.15) is 12.0 Å². The first kappa shape index (κ1) is 14.7. The molecule has 0 saturated carbocycles. The van der Waals surface area contributed by atoms with Gasteiger partial charge in [0.1, 0.15) is 5.82 Å². The third kappa shape index (κ3) is 3.88. The summed E-state index contributed by atoms with van der Waals surface area (Å²) in [5.74, 6) is -0.848. The molecule has 3 N–H and O–H groups in total. The van der Waals surface area contributed by atoms with Crippen molar-refractivity contribution in [1.29, 1.82) is 0 Å². The number of aryl methyl sites for hydroxylation is 2. The van der Waals surface area contributed by atoms with E-state index in [0.717, 1.165) is 5.56 Å². The van der Waals surface area contributed by atoms with Crippen molar-refractivity contribution in [2.45, 2.75) is 19.9 Å². The van der Waals surface area contributed by atoms with Crippen LogP contribution in [-0.2, 0) is 11.3 Å². The number of carbonyl (C=O) groups is 1. The van der Waals surface area contributed by atoms with Crippen LogP contribution in [0.3, 0.4) is 0 Å². The van der Waals surface area contributed by atoms with Crippen LogP contribution in [0.5, 0.6) is 0 Å². The summed E-state index contributed by atoms with van der Waals surface area (Å²) < 4.78 is 14.2. The van der Waals surface area contributed by atoms with Crippen molar-refractivity contribution in [3.63, 3.8) is 0 Å². The molecular weight excluding hydrogens is 275 g/mol. The molecule has 2 rings (SSSR count). The van der Waals surface area contributed by atoms with E-state index in [0.29, 0.717) is 5.69 Å². The van der Waals surface area contributed by atoms with Crippen LogP contribution in [0, 0.1) is 12.7 Å². The van der Waals surface area contributed by atoms with Gasteiger partial charge in [0.25, 0.3) is 5.56 Å². The molecule has 1 heterocycles. The van der Waals surface area contributed by atoms with Gasteiger partial charge in [-0.2, -0.15) is 5.10 Å². The second-order valence-corrected chi connectivity index (χ2v) is 4.63. The lowest BCUT2D eigenvalue weighted by Crippen LogP contribution is -2.25. The van der Waals surface area contributed by atoms with E-state index in [2.05, 4.69) is 10.4 Å². The Morgan fingerprint density at radius 3 is 2.86 bits per heavy atom. The summed E-state index contributed by atoms with van der Waals surface area (Å²) in [6.45, 7) is 1.94. The molecule has 0 atom stereocenters. The SMILES string of the molecule is Cc1cnn(CCC(=O)Nc2ccc(F)c(N)c2)c(=O)c1. The van der Waals surface area contributed by atoms with Gasteiger partial charge in [-0.05, 0) is 30.7 Å². The van der Waals surface area contributed by atoms with Crippen molar-refractivity contribution >= 4 is 17.3 Å². The zero-order valence-corrected chi connectivity index (χ0v) is 11.5. The van der Waals surface area contributed by atoms with E-state index in [9.17, 15) is 14.0 Å². The fraction of sp³-hybridized carbons (Fsp3) is 0.214. The van der Waals surface area contributed by atoms with Crippen molar-refractivity contribution in [3.8, 4) is 0 Å². The molecule has 0 fully saturated rings. The molecular formula is C14H15FN4O2. The predicted octanol–water partition coefficient (Wildman–Crippen LogP) is 1.30. The van der Waals surface area contributed by atoms with E-state index in [1.54, 1.807) is 13.1 Å². The summed E-state index contributed by atoms with van der Waals surface area (Å²) in [5.41, 5.74) is 6.29. The third-order valence-corrected chi connectivity index (χ3v) is 2.84. The topological polar surface area (TPSA) is 90.0 Å². The Hall–Kier alpha value is -2.70. The van der Waals surface area contributed by atoms with E-state index in [-0.39, 0.29) is 30.1 Å². The lowest BCUT2D eigenvalue weighted by molar-refractivity contribution is -0.116. The molecule has 0 unspecified atom stereocenters. The summed E-state index contributed by atoms with van der Waals surface area (Å²) in [5, 5.41) is 6.52. The molecule has 0 spiro atoms. The molecule has 7 heteroatoms. The summed E-state index contributed by atoms with van der Waals surface area (Å²) in [7, 11) is 0. The van der Waals surface area contributed by atoms with Gasteiger partial charge in [0.15, 0.2) is 0 Å². The number of halogens is 1. The van der Waals surface area contributed by atoms with Crippen molar-refractivity contribution < 1.29 is 9.18 Å². The summed E-state index contributed by atoms with van der Waals surface area (Å²) in [6.07, 6.45) is 1.63. The van der Waals surface area contributed by atoms with E-state index in [1.165, 1.54) is 28.9 Å². The molecule has 6 nitrogen and oxygen atoms in total. The highest BCUT2D eigenvalue weighted by Crippen LogP contribution is 2.16. The minimum atomic E-state index is -0.539. The third-order valence-electron chi connectivity index (χ3n) is 2.84. The number of rotatable bonds is 4. The van der Waals surface area contributed by atoms with Gasteiger partial charge in [-0.3, -0.25) is 9.59 Å². The van der Waals surface area contributed by atoms with Crippen LogP contribution < -0.4 is 16.6 Å². The van der Waals surface area contributed by atoms with Gasteiger partial charge >= 0.3 is 0 Å². The van der Waals surface area contributed by atoms with Gasteiger partial charge in [0.05, 0.1) is 18.4 Å². The molecule has 1 amide bonds. The quantitative estimate of drug-likeness (QED) is 0.830. The maximum atomic E-state index is 13.0. The Bertz CT molecular complexity index is 727. The molecule has 0 aliphatic carbocycles. The molecule has 1 aromatic carbocycles. The fourth-order valence-corrected chi connectivity index (χ4v) is 1.74. The van der Waals surface area contributed by atoms with E-state index < -0.39 is 5.82 Å². The van der Waals surface area contributed by atoms with Crippen LogP contribution in [0.2, 0.25) is 0 Å². The Labute approximate surface area is 120 Å². The molecule has 0 aliphatic heterocycles. The minimum Gasteiger partial charge on any atom is -0.396 e. The lowest BCUT2D eigenvalue weighted by Gasteiger charge is -2.07. The van der Waals surface area contributed by atoms with Gasteiger partial charge < -0.3 is 11.1 Å². The molecule has 2 aromatic rings. The molecule has 1 aromatic heterocycles. The molecule has 110 valence electrons. The van der Waals surface area contributed by atoms with E-state index >= 15 is 0 Å². The van der Waals surface area contributed by atoms with E-state index in [1.807, 2.05) is 0 Å². The second kappa shape index (κ2) is 6.17.